The molecule has 0 radical (unpaired) electrons. The molecule has 5 heteroatoms. The molecule has 0 atom stereocenters. The number of likely N-dealkylation sites (N-methyl/N-ethyl adjacent to an activating group) is 1. The van der Waals surface area contributed by atoms with Gasteiger partial charge in [-0.15, -0.1) is 11.3 Å². The SMILES string of the molecule is CCN1CCc2c(sc(N)c2C(=O)O)C1. The smallest absolute Gasteiger partial charge is 0.338 e. The summed E-state index contributed by atoms with van der Waals surface area (Å²) in [5.74, 6) is -0.894. The monoisotopic (exact) mass is 226 g/mol. The number of nitrogens with zero attached hydrogens (tertiary/aromatic N) is 1. The molecule has 1 aliphatic rings. The fourth-order valence-corrected chi connectivity index (χ4v) is 3.13. The quantitative estimate of drug-likeness (QED) is 0.800. The third-order valence-corrected chi connectivity index (χ3v) is 3.87. The summed E-state index contributed by atoms with van der Waals surface area (Å²) in [6.45, 7) is 4.88. The Kier molecular flexibility index (Phi) is 2.67. The van der Waals surface area contributed by atoms with Crippen LogP contribution in [-0.4, -0.2) is 29.1 Å². The molecule has 2 heterocycles. The lowest BCUT2D eigenvalue weighted by Crippen LogP contribution is -2.29. The van der Waals surface area contributed by atoms with Gasteiger partial charge in [0.25, 0.3) is 0 Å². The first-order valence-electron chi connectivity index (χ1n) is 4.99. The van der Waals surface area contributed by atoms with Gasteiger partial charge in [0.1, 0.15) is 5.00 Å². The number of rotatable bonds is 2. The fourth-order valence-electron chi connectivity index (χ4n) is 1.98. The molecule has 15 heavy (non-hydrogen) atoms. The second-order valence-corrected chi connectivity index (χ2v) is 4.80. The molecule has 0 spiro atoms. The van der Waals surface area contributed by atoms with Crippen LogP contribution < -0.4 is 5.73 Å². The maximum Gasteiger partial charge on any atom is 0.338 e. The molecular weight excluding hydrogens is 212 g/mol. The number of carboxylic acid groups (broad SMARTS) is 1. The highest BCUT2D eigenvalue weighted by Gasteiger charge is 2.25. The van der Waals surface area contributed by atoms with Crippen molar-refractivity contribution < 1.29 is 9.90 Å². The van der Waals surface area contributed by atoms with E-state index in [-0.39, 0.29) is 0 Å². The summed E-state index contributed by atoms with van der Waals surface area (Å²) in [6.07, 6.45) is 0.804. The van der Waals surface area contributed by atoms with Crippen LogP contribution in [0.2, 0.25) is 0 Å². The number of thiophene rings is 1. The summed E-state index contributed by atoms with van der Waals surface area (Å²) in [5, 5.41) is 9.50. The Bertz CT molecular complexity index is 400. The number of nitrogens with two attached hydrogens (primary N) is 1. The van der Waals surface area contributed by atoms with Crippen LogP contribution >= 0.6 is 11.3 Å². The largest absolute Gasteiger partial charge is 0.478 e. The number of carbonyl (C=O) groups is 1. The van der Waals surface area contributed by atoms with Crippen LogP contribution in [0.3, 0.4) is 0 Å². The van der Waals surface area contributed by atoms with Gasteiger partial charge in [-0.2, -0.15) is 0 Å². The van der Waals surface area contributed by atoms with Gasteiger partial charge in [-0.1, -0.05) is 6.92 Å². The van der Waals surface area contributed by atoms with Gasteiger partial charge in [0.15, 0.2) is 0 Å². The second kappa shape index (κ2) is 3.83. The van der Waals surface area contributed by atoms with Crippen molar-refractivity contribution in [2.24, 2.45) is 0 Å². The van der Waals surface area contributed by atoms with E-state index in [0.717, 1.165) is 36.5 Å². The first-order chi connectivity index (χ1) is 7.13. The van der Waals surface area contributed by atoms with Crippen LogP contribution in [0.25, 0.3) is 0 Å². The Hall–Kier alpha value is -1.07. The molecule has 4 nitrogen and oxygen atoms in total. The van der Waals surface area contributed by atoms with Crippen LogP contribution in [0.1, 0.15) is 27.7 Å². The molecule has 2 rings (SSSR count). The van der Waals surface area contributed by atoms with Crippen molar-refractivity contribution in [1.82, 2.24) is 4.90 Å². The number of anilines is 1. The lowest BCUT2D eigenvalue weighted by atomic mass is 10.0. The van der Waals surface area contributed by atoms with Gasteiger partial charge in [-0.25, -0.2) is 4.79 Å². The minimum absolute atomic E-state index is 0.339. The first kappa shape index (κ1) is 10.4. The zero-order valence-corrected chi connectivity index (χ0v) is 9.43. The van der Waals surface area contributed by atoms with Gasteiger partial charge < -0.3 is 10.8 Å². The van der Waals surface area contributed by atoms with Gasteiger partial charge in [0, 0.05) is 18.0 Å². The molecule has 3 N–H and O–H groups in total. The predicted molar refractivity (Wildman–Crippen MR) is 60.3 cm³/mol. The summed E-state index contributed by atoms with van der Waals surface area (Å²) in [6, 6.07) is 0. The van der Waals surface area contributed by atoms with E-state index in [9.17, 15) is 4.79 Å². The van der Waals surface area contributed by atoms with E-state index < -0.39 is 5.97 Å². The van der Waals surface area contributed by atoms with E-state index in [0.29, 0.717) is 10.6 Å². The Morgan fingerprint density at radius 1 is 1.67 bits per heavy atom. The minimum atomic E-state index is -0.894. The summed E-state index contributed by atoms with van der Waals surface area (Å²) in [4.78, 5) is 14.4. The van der Waals surface area contributed by atoms with Crippen molar-refractivity contribution in [3.05, 3.63) is 16.0 Å². The summed E-state index contributed by atoms with van der Waals surface area (Å²) in [5.41, 5.74) is 7.02. The fraction of sp³-hybridized carbons (Fsp3) is 0.500. The highest BCUT2D eigenvalue weighted by atomic mass is 32.1. The lowest BCUT2D eigenvalue weighted by molar-refractivity contribution is 0.0696. The van der Waals surface area contributed by atoms with E-state index >= 15 is 0 Å². The van der Waals surface area contributed by atoms with E-state index in [2.05, 4.69) is 11.8 Å². The number of nitrogen functional groups attached to an aromatic ring is 1. The molecule has 1 aliphatic heterocycles. The van der Waals surface area contributed by atoms with Crippen molar-refractivity contribution in [2.75, 3.05) is 18.8 Å². The van der Waals surface area contributed by atoms with E-state index in [4.69, 9.17) is 10.8 Å². The maximum absolute atomic E-state index is 11.0. The minimum Gasteiger partial charge on any atom is -0.478 e. The van der Waals surface area contributed by atoms with Gasteiger partial charge >= 0.3 is 5.97 Å². The Morgan fingerprint density at radius 2 is 2.40 bits per heavy atom. The molecule has 0 aliphatic carbocycles. The van der Waals surface area contributed by atoms with Crippen LogP contribution in [0.5, 0.6) is 0 Å². The van der Waals surface area contributed by atoms with E-state index in [1.165, 1.54) is 11.3 Å². The Morgan fingerprint density at radius 3 is 3.00 bits per heavy atom. The number of fused-ring (bicyclic) bond motifs is 1. The molecule has 0 bridgehead atoms. The third kappa shape index (κ3) is 1.72. The number of hydrogen-bond donors (Lipinski definition) is 2. The van der Waals surface area contributed by atoms with Crippen LogP contribution in [0.4, 0.5) is 5.00 Å². The number of carboxylic acids is 1. The molecule has 0 amide bonds. The average molecular weight is 226 g/mol. The molecule has 0 aromatic carbocycles. The van der Waals surface area contributed by atoms with Gasteiger partial charge in [0.05, 0.1) is 5.56 Å². The molecule has 0 fully saturated rings. The molecular formula is C10H14N2O2S. The number of aromatic carboxylic acids is 1. The van der Waals surface area contributed by atoms with Crippen molar-refractivity contribution in [3.63, 3.8) is 0 Å². The van der Waals surface area contributed by atoms with Gasteiger partial charge in [0.2, 0.25) is 0 Å². The molecule has 0 unspecified atom stereocenters. The van der Waals surface area contributed by atoms with E-state index in [1.54, 1.807) is 0 Å². The maximum atomic E-state index is 11.0. The first-order valence-corrected chi connectivity index (χ1v) is 5.80. The molecule has 82 valence electrons. The standard InChI is InChI=1S/C10H14N2O2S/c1-2-12-4-3-6-7(5-12)15-9(11)8(6)10(13)14/h2-5,11H2,1H3,(H,13,14). The summed E-state index contributed by atoms with van der Waals surface area (Å²) in [7, 11) is 0. The molecule has 0 saturated carbocycles. The predicted octanol–water partition coefficient (Wildman–Crippen LogP) is 1.41. The van der Waals surface area contributed by atoms with Crippen LogP contribution in [0, 0.1) is 0 Å². The highest BCUT2D eigenvalue weighted by molar-refractivity contribution is 7.16. The van der Waals surface area contributed by atoms with Crippen molar-refractivity contribution in [3.8, 4) is 0 Å². The van der Waals surface area contributed by atoms with Gasteiger partial charge in [-0.3, -0.25) is 4.90 Å². The molecule has 0 saturated heterocycles. The Labute approximate surface area is 92.3 Å². The topological polar surface area (TPSA) is 66.6 Å². The van der Waals surface area contributed by atoms with Gasteiger partial charge in [-0.05, 0) is 18.5 Å². The number of hydrogen-bond acceptors (Lipinski definition) is 4. The highest BCUT2D eigenvalue weighted by Crippen LogP contribution is 2.34. The molecule has 1 aromatic rings. The summed E-state index contributed by atoms with van der Waals surface area (Å²) >= 11 is 1.42. The van der Waals surface area contributed by atoms with Crippen molar-refractivity contribution in [1.29, 1.82) is 0 Å². The summed E-state index contributed by atoms with van der Waals surface area (Å²) < 4.78 is 0. The lowest BCUT2D eigenvalue weighted by Gasteiger charge is -2.25. The van der Waals surface area contributed by atoms with E-state index in [1.807, 2.05) is 0 Å². The normalized spacial score (nSPS) is 16.3. The Balaban J connectivity index is 2.39. The average Bonchev–Trinajstić information content (AvgIpc) is 2.52. The molecule has 1 aromatic heterocycles. The van der Waals surface area contributed by atoms with Crippen LogP contribution in [0.15, 0.2) is 0 Å². The van der Waals surface area contributed by atoms with Crippen molar-refractivity contribution >= 4 is 22.3 Å². The third-order valence-electron chi connectivity index (χ3n) is 2.82. The second-order valence-electron chi connectivity index (χ2n) is 3.67. The zero-order valence-electron chi connectivity index (χ0n) is 8.62. The van der Waals surface area contributed by atoms with Crippen LogP contribution in [-0.2, 0) is 13.0 Å². The van der Waals surface area contributed by atoms with Crippen molar-refractivity contribution in [2.45, 2.75) is 19.9 Å². The zero-order chi connectivity index (χ0) is 11.0.